The third kappa shape index (κ3) is 3.87. The highest BCUT2D eigenvalue weighted by Gasteiger charge is 2.38. The van der Waals surface area contributed by atoms with E-state index in [0.717, 1.165) is 0 Å². The number of nitrogen functional groups attached to an aromatic ring is 1. The molecule has 2 aromatic heterocycles. The minimum Gasteiger partial charge on any atom is -0.493 e. The van der Waals surface area contributed by atoms with Gasteiger partial charge in [0.2, 0.25) is 0 Å². The number of aliphatic hydroxyl groups is 2. The van der Waals surface area contributed by atoms with Gasteiger partial charge >= 0.3 is 6.09 Å². The lowest BCUT2D eigenvalue weighted by atomic mass is 9.88. The van der Waals surface area contributed by atoms with Crippen molar-refractivity contribution in [3.63, 3.8) is 0 Å². The average molecular weight is 495 g/mol. The minimum atomic E-state index is -1.32. The Balaban J connectivity index is 1.88. The first kappa shape index (κ1) is 23.9. The van der Waals surface area contributed by atoms with Crippen LogP contribution in [0.4, 0.5) is 15.0 Å². The summed E-state index contributed by atoms with van der Waals surface area (Å²) >= 11 is 6.26. The maximum absolute atomic E-state index is 15.2. The molecule has 3 heterocycles. The van der Waals surface area contributed by atoms with Crippen LogP contribution in [0, 0.1) is 5.82 Å². The molecule has 1 aliphatic rings. The summed E-state index contributed by atoms with van der Waals surface area (Å²) in [5.41, 5.74) is 7.10. The third-order valence-electron chi connectivity index (χ3n) is 5.93. The average Bonchev–Trinajstić information content (AvgIpc) is 3.17. The van der Waals surface area contributed by atoms with Crippen molar-refractivity contribution in [2.45, 2.75) is 31.9 Å². The van der Waals surface area contributed by atoms with Crippen LogP contribution in [-0.2, 0) is 0 Å². The molecule has 1 aliphatic heterocycles. The maximum atomic E-state index is 15.2. The summed E-state index contributed by atoms with van der Waals surface area (Å²) in [4.78, 5) is 20.6. The van der Waals surface area contributed by atoms with E-state index in [0.29, 0.717) is 16.6 Å². The van der Waals surface area contributed by atoms with Crippen LogP contribution >= 0.6 is 11.6 Å². The van der Waals surface area contributed by atoms with Gasteiger partial charge in [0.05, 0.1) is 29.7 Å². The van der Waals surface area contributed by atoms with Crippen LogP contribution in [0.5, 0.6) is 5.75 Å². The van der Waals surface area contributed by atoms with Gasteiger partial charge < -0.3 is 30.7 Å². The highest BCUT2D eigenvalue weighted by molar-refractivity contribution is 6.31. The van der Waals surface area contributed by atoms with Gasteiger partial charge in [0.1, 0.15) is 35.5 Å². The van der Waals surface area contributed by atoms with Crippen molar-refractivity contribution >= 4 is 34.5 Å². The van der Waals surface area contributed by atoms with Crippen molar-refractivity contribution < 1.29 is 29.2 Å². The second kappa shape index (κ2) is 9.20. The molecule has 2 atom stereocenters. The van der Waals surface area contributed by atoms with Gasteiger partial charge in [-0.25, -0.2) is 23.8 Å². The number of carbonyl (C=O) groups is 1. The topological polar surface area (TPSA) is 160 Å². The van der Waals surface area contributed by atoms with E-state index >= 15 is 4.39 Å². The number of carboxylic acid groups (broad SMARTS) is 1. The molecule has 13 heteroatoms. The molecule has 182 valence electrons. The van der Waals surface area contributed by atoms with E-state index in [1.165, 1.54) is 22.0 Å². The number of hydrogen-bond acceptors (Lipinski definition) is 8. The lowest BCUT2D eigenvalue weighted by Gasteiger charge is -2.38. The number of ether oxygens (including phenoxy) is 1. The number of amides is 1. The van der Waals surface area contributed by atoms with Gasteiger partial charge in [0, 0.05) is 30.1 Å². The Kier molecular flexibility index (Phi) is 6.47. The molecule has 1 aromatic carbocycles. The van der Waals surface area contributed by atoms with Gasteiger partial charge in [-0.05, 0) is 19.9 Å². The van der Waals surface area contributed by atoms with Crippen molar-refractivity contribution in [1.82, 2.24) is 24.6 Å². The quantitative estimate of drug-likeness (QED) is 0.386. The molecule has 0 aliphatic carbocycles. The first-order valence-electron chi connectivity index (χ1n) is 10.6. The number of fused-ring (bicyclic) bond motifs is 1. The van der Waals surface area contributed by atoms with Crippen LogP contribution in [0.3, 0.4) is 0 Å². The van der Waals surface area contributed by atoms with Gasteiger partial charge in [0.15, 0.2) is 5.65 Å². The molecule has 1 amide bonds. The van der Waals surface area contributed by atoms with Gasteiger partial charge in [-0.3, -0.25) is 0 Å². The molecule has 0 saturated carbocycles. The molecule has 3 aromatic rings. The van der Waals surface area contributed by atoms with Gasteiger partial charge in [0.25, 0.3) is 0 Å². The SMILES string of the molecule is CCOc1c(C(C)n2nc(C(O)CO)c3c(N)ncnc32)cc(Cl)c(F)c1C1CN(C(=O)O)C1. The first-order chi connectivity index (χ1) is 16.2. The number of rotatable bonds is 7. The zero-order valence-electron chi connectivity index (χ0n) is 18.4. The molecule has 5 N–H and O–H groups in total. The summed E-state index contributed by atoms with van der Waals surface area (Å²) in [5, 5.41) is 33.5. The normalized spacial score (nSPS) is 15.9. The van der Waals surface area contributed by atoms with Gasteiger partial charge in [-0.15, -0.1) is 0 Å². The number of anilines is 1. The molecule has 0 spiro atoms. The molecule has 1 fully saturated rings. The molecule has 2 unspecified atom stereocenters. The number of likely N-dealkylation sites (tertiary alicyclic amines) is 1. The Labute approximate surface area is 198 Å². The molecular formula is C21H24ClFN6O5. The molecule has 4 rings (SSSR count). The van der Waals surface area contributed by atoms with E-state index in [2.05, 4.69) is 15.1 Å². The Bertz CT molecular complexity index is 1250. The van der Waals surface area contributed by atoms with Crippen molar-refractivity contribution in [3.05, 3.63) is 40.1 Å². The lowest BCUT2D eigenvalue weighted by molar-refractivity contribution is 0.0926. The van der Waals surface area contributed by atoms with E-state index < -0.39 is 36.6 Å². The van der Waals surface area contributed by atoms with Crippen LogP contribution < -0.4 is 10.5 Å². The predicted molar refractivity (Wildman–Crippen MR) is 121 cm³/mol. The number of hydrogen-bond donors (Lipinski definition) is 4. The summed E-state index contributed by atoms with van der Waals surface area (Å²) in [6.45, 7) is 3.38. The zero-order valence-corrected chi connectivity index (χ0v) is 19.2. The molecule has 1 saturated heterocycles. The van der Waals surface area contributed by atoms with Crippen LogP contribution in [0.15, 0.2) is 12.4 Å². The number of aromatic nitrogens is 4. The molecule has 0 bridgehead atoms. The van der Waals surface area contributed by atoms with E-state index in [9.17, 15) is 20.1 Å². The molecular weight excluding hydrogens is 471 g/mol. The van der Waals surface area contributed by atoms with Crippen molar-refractivity contribution in [2.24, 2.45) is 0 Å². The number of benzene rings is 1. The molecule has 11 nitrogen and oxygen atoms in total. The summed E-state index contributed by atoms with van der Waals surface area (Å²) in [7, 11) is 0. The zero-order chi connectivity index (χ0) is 24.7. The van der Waals surface area contributed by atoms with E-state index in [1.807, 2.05) is 0 Å². The van der Waals surface area contributed by atoms with Crippen molar-refractivity contribution in [1.29, 1.82) is 0 Å². The Morgan fingerprint density at radius 2 is 2.12 bits per heavy atom. The summed E-state index contributed by atoms with van der Waals surface area (Å²) in [6.07, 6.45) is -1.15. The number of aliphatic hydroxyl groups excluding tert-OH is 2. The second-order valence-corrected chi connectivity index (χ2v) is 8.39. The fourth-order valence-electron chi connectivity index (χ4n) is 4.19. The predicted octanol–water partition coefficient (Wildman–Crippen LogP) is 2.31. The Hall–Kier alpha value is -3.22. The summed E-state index contributed by atoms with van der Waals surface area (Å²) < 4.78 is 22.5. The van der Waals surface area contributed by atoms with E-state index in [4.69, 9.17) is 22.1 Å². The standard InChI is InChI=1S/C21H24ClFN6O5/c1-3-34-18-11(4-12(22)16(23)14(18)10-5-28(6-10)21(32)33)9(2)29-20-15(19(24)25-8-26-20)17(27-29)13(31)7-30/h4,8-10,13,30-31H,3,5-7H2,1-2H3,(H,32,33)(H2,24,25,26). The first-order valence-corrected chi connectivity index (χ1v) is 11.0. The smallest absolute Gasteiger partial charge is 0.407 e. The highest BCUT2D eigenvalue weighted by Crippen LogP contribution is 2.44. The number of halogens is 2. The summed E-state index contributed by atoms with van der Waals surface area (Å²) in [6, 6.07) is 0.814. The van der Waals surface area contributed by atoms with Crippen molar-refractivity contribution in [3.8, 4) is 5.75 Å². The fourth-order valence-corrected chi connectivity index (χ4v) is 4.41. The van der Waals surface area contributed by atoms with Gasteiger partial charge in [-0.2, -0.15) is 5.10 Å². The Morgan fingerprint density at radius 1 is 1.41 bits per heavy atom. The fraction of sp³-hybridized carbons (Fsp3) is 0.429. The largest absolute Gasteiger partial charge is 0.493 e. The third-order valence-corrected chi connectivity index (χ3v) is 6.21. The number of nitrogens with zero attached hydrogens (tertiary/aromatic N) is 5. The van der Waals surface area contributed by atoms with Crippen LogP contribution in [0.1, 0.15) is 48.7 Å². The van der Waals surface area contributed by atoms with E-state index in [1.54, 1.807) is 13.8 Å². The highest BCUT2D eigenvalue weighted by atomic mass is 35.5. The van der Waals surface area contributed by atoms with Crippen LogP contribution in [-0.4, -0.2) is 72.4 Å². The van der Waals surface area contributed by atoms with E-state index in [-0.39, 0.29) is 47.5 Å². The van der Waals surface area contributed by atoms with Gasteiger partial charge in [-0.1, -0.05) is 11.6 Å². The maximum Gasteiger partial charge on any atom is 0.407 e. The monoisotopic (exact) mass is 494 g/mol. The number of nitrogens with two attached hydrogens (primary N) is 1. The Morgan fingerprint density at radius 3 is 2.74 bits per heavy atom. The minimum absolute atomic E-state index is 0.0806. The summed E-state index contributed by atoms with van der Waals surface area (Å²) in [5.74, 6) is -0.760. The molecule has 34 heavy (non-hydrogen) atoms. The second-order valence-electron chi connectivity index (χ2n) is 7.98. The molecule has 0 radical (unpaired) electrons. The van der Waals surface area contributed by atoms with Crippen LogP contribution in [0.2, 0.25) is 5.02 Å². The van der Waals surface area contributed by atoms with Crippen molar-refractivity contribution in [2.75, 3.05) is 32.0 Å². The lowest BCUT2D eigenvalue weighted by Crippen LogP contribution is -2.48. The van der Waals surface area contributed by atoms with Crippen LogP contribution in [0.25, 0.3) is 11.0 Å².